The van der Waals surface area contributed by atoms with Gasteiger partial charge in [0, 0.05) is 6.54 Å². The summed E-state index contributed by atoms with van der Waals surface area (Å²) in [6, 6.07) is 16.0. The number of carbonyl (C=O) groups excluding carboxylic acids is 1. The predicted octanol–water partition coefficient (Wildman–Crippen LogP) is 4.15. The minimum absolute atomic E-state index is 0. The number of nitrogens with zero attached hydrogens (tertiary/aromatic N) is 1. The first-order chi connectivity index (χ1) is 13.7. The zero-order valence-corrected chi connectivity index (χ0v) is 18.0. The van der Waals surface area contributed by atoms with E-state index in [0.29, 0.717) is 6.54 Å². The van der Waals surface area contributed by atoms with E-state index in [-0.39, 0.29) is 31.0 Å². The van der Waals surface area contributed by atoms with E-state index in [4.69, 9.17) is 9.47 Å². The second kappa shape index (κ2) is 11.7. The summed E-state index contributed by atoms with van der Waals surface area (Å²) in [6.45, 7) is 4.70. The second-order valence-corrected chi connectivity index (χ2v) is 7.24. The van der Waals surface area contributed by atoms with Crippen molar-refractivity contribution in [1.82, 2.24) is 10.2 Å². The molecule has 5 nitrogen and oxygen atoms in total. The van der Waals surface area contributed by atoms with Gasteiger partial charge in [-0.3, -0.25) is 9.69 Å². The van der Waals surface area contributed by atoms with Crippen LogP contribution in [0.25, 0.3) is 0 Å². The fourth-order valence-electron chi connectivity index (χ4n) is 3.64. The number of halogens is 1. The molecule has 0 spiro atoms. The molecule has 1 aliphatic rings. The Bertz CT molecular complexity index is 761. The van der Waals surface area contributed by atoms with Crippen LogP contribution in [0.3, 0.4) is 0 Å². The van der Waals surface area contributed by atoms with E-state index in [2.05, 4.69) is 22.3 Å². The summed E-state index contributed by atoms with van der Waals surface area (Å²) in [5.74, 6) is 1.50. The van der Waals surface area contributed by atoms with Crippen molar-refractivity contribution in [3.63, 3.8) is 0 Å². The molecule has 0 aliphatic carbocycles. The van der Waals surface area contributed by atoms with Crippen molar-refractivity contribution in [2.24, 2.45) is 0 Å². The number of para-hydroxylation sites is 1. The van der Waals surface area contributed by atoms with Gasteiger partial charge in [-0.15, -0.1) is 12.4 Å². The van der Waals surface area contributed by atoms with E-state index in [1.54, 1.807) is 7.11 Å². The maximum atomic E-state index is 12.4. The molecule has 1 heterocycles. The third kappa shape index (κ3) is 6.65. The third-order valence-corrected chi connectivity index (χ3v) is 5.28. The quantitative estimate of drug-likeness (QED) is 0.699. The van der Waals surface area contributed by atoms with Crippen LogP contribution in [-0.4, -0.2) is 44.2 Å². The van der Waals surface area contributed by atoms with Crippen LogP contribution in [0, 0.1) is 6.92 Å². The average molecular weight is 419 g/mol. The highest BCUT2D eigenvalue weighted by molar-refractivity contribution is 5.85. The number of piperidine rings is 1. The van der Waals surface area contributed by atoms with E-state index in [1.807, 2.05) is 43.3 Å². The highest BCUT2D eigenvalue weighted by atomic mass is 35.5. The van der Waals surface area contributed by atoms with Gasteiger partial charge in [0.2, 0.25) is 0 Å². The lowest BCUT2D eigenvalue weighted by Crippen LogP contribution is -2.41. The molecule has 29 heavy (non-hydrogen) atoms. The van der Waals surface area contributed by atoms with Crippen LogP contribution in [0.15, 0.2) is 48.5 Å². The van der Waals surface area contributed by atoms with Crippen molar-refractivity contribution >= 4 is 18.3 Å². The number of ether oxygens (including phenoxy) is 2. The number of benzene rings is 2. The number of nitrogens with one attached hydrogen (secondary N) is 1. The maximum Gasteiger partial charge on any atom is 0.258 e. The van der Waals surface area contributed by atoms with Crippen LogP contribution in [0.2, 0.25) is 0 Å². The monoisotopic (exact) mass is 418 g/mol. The summed E-state index contributed by atoms with van der Waals surface area (Å²) >= 11 is 0. The number of hydrogen-bond acceptors (Lipinski definition) is 4. The lowest BCUT2D eigenvalue weighted by Gasteiger charge is -2.35. The topological polar surface area (TPSA) is 50.8 Å². The zero-order chi connectivity index (χ0) is 19.8. The smallest absolute Gasteiger partial charge is 0.258 e. The van der Waals surface area contributed by atoms with Gasteiger partial charge in [-0.1, -0.05) is 36.8 Å². The molecule has 3 rings (SSSR count). The normalized spacial score (nSPS) is 15.1. The minimum atomic E-state index is -0.0984. The second-order valence-electron chi connectivity index (χ2n) is 7.24. The number of hydrogen-bond donors (Lipinski definition) is 1. The molecule has 6 heteroatoms. The lowest BCUT2D eigenvalue weighted by molar-refractivity contribution is -0.123. The van der Waals surface area contributed by atoms with Crippen molar-refractivity contribution in [3.05, 3.63) is 59.7 Å². The van der Waals surface area contributed by atoms with Gasteiger partial charge in [0.25, 0.3) is 5.91 Å². The summed E-state index contributed by atoms with van der Waals surface area (Å²) in [6.07, 6.45) is 3.69. The molecule has 2 aromatic rings. The fourth-order valence-corrected chi connectivity index (χ4v) is 3.64. The van der Waals surface area contributed by atoms with Gasteiger partial charge in [-0.2, -0.15) is 0 Å². The highest BCUT2D eigenvalue weighted by Gasteiger charge is 2.23. The fraction of sp³-hybridized carbons (Fsp3) is 0.435. The number of carbonyl (C=O) groups is 1. The Balaban J connectivity index is 0.00000300. The largest absolute Gasteiger partial charge is 0.497 e. The van der Waals surface area contributed by atoms with E-state index in [9.17, 15) is 4.79 Å². The van der Waals surface area contributed by atoms with Gasteiger partial charge < -0.3 is 14.8 Å². The highest BCUT2D eigenvalue weighted by Crippen LogP contribution is 2.26. The zero-order valence-electron chi connectivity index (χ0n) is 17.2. The molecule has 0 bridgehead atoms. The molecule has 0 saturated carbocycles. The van der Waals surface area contributed by atoms with Gasteiger partial charge in [-0.05, 0) is 62.2 Å². The van der Waals surface area contributed by atoms with Crippen molar-refractivity contribution in [2.75, 3.05) is 33.4 Å². The maximum absolute atomic E-state index is 12.4. The van der Waals surface area contributed by atoms with Gasteiger partial charge in [0.05, 0.1) is 13.2 Å². The van der Waals surface area contributed by atoms with Crippen LogP contribution >= 0.6 is 12.4 Å². The molecule has 2 aromatic carbocycles. The van der Waals surface area contributed by atoms with E-state index in [1.165, 1.54) is 24.8 Å². The third-order valence-electron chi connectivity index (χ3n) is 5.28. The van der Waals surface area contributed by atoms with Crippen LogP contribution in [0.1, 0.15) is 36.4 Å². The number of rotatable bonds is 8. The molecule has 158 valence electrons. The summed E-state index contributed by atoms with van der Waals surface area (Å²) in [7, 11) is 1.67. The minimum Gasteiger partial charge on any atom is -0.497 e. The molecule has 1 unspecified atom stereocenters. The Kier molecular flexibility index (Phi) is 9.29. The molecule has 1 saturated heterocycles. The van der Waals surface area contributed by atoms with E-state index in [0.717, 1.165) is 30.2 Å². The summed E-state index contributed by atoms with van der Waals surface area (Å²) in [5, 5.41) is 3.06. The Labute approximate surface area is 179 Å². The van der Waals surface area contributed by atoms with Crippen LogP contribution < -0.4 is 14.8 Å². The van der Waals surface area contributed by atoms with Gasteiger partial charge in [0.1, 0.15) is 11.5 Å². The first-order valence-corrected chi connectivity index (χ1v) is 10.0. The molecule has 1 aliphatic heterocycles. The van der Waals surface area contributed by atoms with Crippen molar-refractivity contribution in [2.45, 2.75) is 32.2 Å². The average Bonchev–Trinajstić information content (AvgIpc) is 2.74. The molecule has 1 N–H and O–H groups in total. The summed E-state index contributed by atoms with van der Waals surface area (Å²) in [5.41, 5.74) is 2.22. The van der Waals surface area contributed by atoms with Gasteiger partial charge in [-0.25, -0.2) is 0 Å². The van der Waals surface area contributed by atoms with Crippen LogP contribution in [0.4, 0.5) is 0 Å². The van der Waals surface area contributed by atoms with Crippen LogP contribution in [0.5, 0.6) is 11.5 Å². The Morgan fingerprint density at radius 2 is 1.76 bits per heavy atom. The molecule has 1 amide bonds. The summed E-state index contributed by atoms with van der Waals surface area (Å²) < 4.78 is 10.9. The van der Waals surface area contributed by atoms with E-state index >= 15 is 0 Å². The SMILES string of the molecule is COc1ccc(C(CNC(=O)COc2ccccc2C)N2CCCCC2)cc1.Cl. The van der Waals surface area contributed by atoms with E-state index < -0.39 is 0 Å². The van der Waals surface area contributed by atoms with Gasteiger partial charge >= 0.3 is 0 Å². The Hall–Kier alpha value is -2.24. The van der Waals surface area contributed by atoms with Gasteiger partial charge in [0.15, 0.2) is 6.61 Å². The van der Waals surface area contributed by atoms with Crippen molar-refractivity contribution in [1.29, 1.82) is 0 Å². The standard InChI is InChI=1S/C23H30N2O3.ClH/c1-18-8-4-5-9-22(18)28-17-23(26)24-16-21(25-14-6-3-7-15-25)19-10-12-20(27-2)13-11-19;/h4-5,8-13,21H,3,6-7,14-17H2,1-2H3,(H,24,26);1H. The number of methoxy groups -OCH3 is 1. The molecular formula is C23H31ClN2O3. The molecule has 1 fully saturated rings. The Morgan fingerprint density at radius 1 is 1.07 bits per heavy atom. The first kappa shape index (κ1) is 23.0. The van der Waals surface area contributed by atoms with Crippen molar-refractivity contribution < 1.29 is 14.3 Å². The van der Waals surface area contributed by atoms with Crippen molar-refractivity contribution in [3.8, 4) is 11.5 Å². The first-order valence-electron chi connectivity index (χ1n) is 10.0. The Morgan fingerprint density at radius 3 is 2.41 bits per heavy atom. The number of likely N-dealkylation sites (tertiary alicyclic amines) is 1. The van der Waals surface area contributed by atoms with Crippen LogP contribution in [-0.2, 0) is 4.79 Å². The number of amides is 1. The number of aryl methyl sites for hydroxylation is 1. The molecule has 1 atom stereocenters. The lowest BCUT2D eigenvalue weighted by atomic mass is 10.0. The molecular weight excluding hydrogens is 388 g/mol. The summed E-state index contributed by atoms with van der Waals surface area (Å²) in [4.78, 5) is 14.8. The molecule has 0 radical (unpaired) electrons. The predicted molar refractivity (Wildman–Crippen MR) is 118 cm³/mol. The molecule has 0 aromatic heterocycles.